The van der Waals surface area contributed by atoms with Crippen molar-refractivity contribution in [3.63, 3.8) is 0 Å². The van der Waals surface area contributed by atoms with Crippen molar-refractivity contribution in [3.05, 3.63) is 29.8 Å². The van der Waals surface area contributed by atoms with Gasteiger partial charge in [0.25, 0.3) is 5.91 Å². The Morgan fingerprint density at radius 3 is 2.96 bits per heavy atom. The second-order valence-electron chi connectivity index (χ2n) is 7.06. The highest BCUT2D eigenvalue weighted by atomic mass is 127. The van der Waals surface area contributed by atoms with Crippen LogP contribution in [0.4, 0.5) is 5.69 Å². The van der Waals surface area contributed by atoms with Crippen molar-refractivity contribution in [1.82, 2.24) is 4.90 Å². The van der Waals surface area contributed by atoms with E-state index in [4.69, 9.17) is 10.5 Å². The molecule has 2 aliphatic rings. The highest BCUT2D eigenvalue weighted by Crippen LogP contribution is 2.17. The summed E-state index contributed by atoms with van der Waals surface area (Å²) >= 11 is 0. The number of carbonyl (C=O) groups is 1. The van der Waals surface area contributed by atoms with Gasteiger partial charge in [-0.2, -0.15) is 0 Å². The summed E-state index contributed by atoms with van der Waals surface area (Å²) < 4.78 is 5.42. The van der Waals surface area contributed by atoms with Gasteiger partial charge in [0, 0.05) is 25.4 Å². The lowest BCUT2D eigenvalue weighted by Gasteiger charge is -2.31. The molecule has 3 N–H and O–H groups in total. The molecule has 2 atom stereocenters. The number of halogens is 1. The zero-order valence-electron chi connectivity index (χ0n) is 15.3. The van der Waals surface area contributed by atoms with Crippen molar-refractivity contribution in [2.24, 2.45) is 16.6 Å². The van der Waals surface area contributed by atoms with Gasteiger partial charge in [-0.3, -0.25) is 4.79 Å². The Bertz CT molecular complexity index is 632. The number of likely N-dealkylation sites (tertiary alicyclic amines) is 1. The molecule has 0 aromatic heterocycles. The molecule has 0 radical (unpaired) electrons. The van der Waals surface area contributed by atoms with Gasteiger partial charge in [0.1, 0.15) is 6.10 Å². The maximum absolute atomic E-state index is 12.1. The average molecular weight is 472 g/mol. The van der Waals surface area contributed by atoms with E-state index in [1.165, 1.54) is 12.8 Å². The van der Waals surface area contributed by atoms with E-state index in [9.17, 15) is 4.79 Å². The fourth-order valence-corrected chi connectivity index (χ4v) is 3.42. The van der Waals surface area contributed by atoms with Crippen LogP contribution in [-0.2, 0) is 16.1 Å². The summed E-state index contributed by atoms with van der Waals surface area (Å²) in [4.78, 5) is 18.8. The second-order valence-corrected chi connectivity index (χ2v) is 7.06. The van der Waals surface area contributed by atoms with Crippen LogP contribution in [0.15, 0.2) is 29.3 Å². The summed E-state index contributed by atoms with van der Waals surface area (Å²) in [6.07, 6.45) is 3.85. The van der Waals surface area contributed by atoms with Gasteiger partial charge in [-0.1, -0.05) is 19.1 Å². The molecule has 0 spiro atoms. The predicted octanol–water partition coefficient (Wildman–Crippen LogP) is 2.97. The number of nitrogens with two attached hydrogens (primary N) is 1. The van der Waals surface area contributed by atoms with E-state index in [1.54, 1.807) is 0 Å². The lowest BCUT2D eigenvalue weighted by Crippen LogP contribution is -2.43. The Morgan fingerprint density at radius 1 is 1.38 bits per heavy atom. The van der Waals surface area contributed by atoms with Gasteiger partial charge >= 0.3 is 0 Å². The van der Waals surface area contributed by atoms with Crippen molar-refractivity contribution >= 4 is 41.5 Å². The van der Waals surface area contributed by atoms with Crippen molar-refractivity contribution in [3.8, 4) is 0 Å². The van der Waals surface area contributed by atoms with Crippen LogP contribution in [0.2, 0.25) is 0 Å². The number of aliphatic imine (C=N–C) groups is 1. The zero-order chi connectivity index (χ0) is 17.6. The minimum Gasteiger partial charge on any atom is -0.370 e. The standard InChI is InChI=1S/C19H28N4O2.HI/c1-14-5-3-9-23(13-14)19(20)21-12-15-6-2-7-16(11-15)22-18(24)17-8-4-10-25-17;/h2,6-7,11,14,17H,3-5,8-10,12-13H2,1H3,(H2,20,21)(H,22,24);1H. The minimum absolute atomic E-state index is 0. The highest BCUT2D eigenvalue weighted by molar-refractivity contribution is 14.0. The third kappa shape index (κ3) is 5.84. The number of anilines is 1. The molecule has 7 heteroatoms. The molecule has 3 rings (SSSR count). The number of hydrogen-bond donors (Lipinski definition) is 2. The van der Waals surface area contributed by atoms with Gasteiger partial charge in [0.05, 0.1) is 6.54 Å². The first-order chi connectivity index (χ1) is 12.1. The fourth-order valence-electron chi connectivity index (χ4n) is 3.42. The monoisotopic (exact) mass is 472 g/mol. The molecular formula is C19H29IN4O2. The van der Waals surface area contributed by atoms with Crippen LogP contribution < -0.4 is 11.1 Å². The maximum atomic E-state index is 12.1. The van der Waals surface area contributed by atoms with Gasteiger partial charge in [-0.05, 0) is 49.3 Å². The summed E-state index contributed by atoms with van der Waals surface area (Å²) in [6.45, 7) is 5.39. The maximum Gasteiger partial charge on any atom is 0.253 e. The number of nitrogens with one attached hydrogen (secondary N) is 1. The van der Waals surface area contributed by atoms with Gasteiger partial charge in [0.2, 0.25) is 0 Å². The van der Waals surface area contributed by atoms with Gasteiger partial charge in [-0.25, -0.2) is 4.99 Å². The molecule has 6 nitrogen and oxygen atoms in total. The van der Waals surface area contributed by atoms with Crippen LogP contribution in [0.5, 0.6) is 0 Å². The number of carbonyl (C=O) groups excluding carboxylic acids is 1. The van der Waals surface area contributed by atoms with Gasteiger partial charge < -0.3 is 20.7 Å². The molecule has 2 aliphatic heterocycles. The number of hydrogen-bond acceptors (Lipinski definition) is 3. The Kier molecular flexibility index (Phi) is 8.15. The second kappa shape index (κ2) is 10.1. The third-order valence-electron chi connectivity index (χ3n) is 4.82. The average Bonchev–Trinajstić information content (AvgIpc) is 3.15. The van der Waals surface area contributed by atoms with E-state index in [0.29, 0.717) is 25.0 Å². The molecule has 2 heterocycles. The van der Waals surface area contributed by atoms with E-state index in [0.717, 1.165) is 37.2 Å². The van der Waals surface area contributed by atoms with Crippen molar-refractivity contribution < 1.29 is 9.53 Å². The summed E-state index contributed by atoms with van der Waals surface area (Å²) in [7, 11) is 0. The number of rotatable bonds is 4. The normalized spacial score (nSPS) is 23.4. The van der Waals surface area contributed by atoms with Crippen LogP contribution in [0.25, 0.3) is 0 Å². The minimum atomic E-state index is -0.321. The van der Waals surface area contributed by atoms with Crippen molar-refractivity contribution in [2.45, 2.75) is 45.3 Å². The number of benzene rings is 1. The fraction of sp³-hybridized carbons (Fsp3) is 0.579. The van der Waals surface area contributed by atoms with E-state index >= 15 is 0 Å². The molecule has 1 amide bonds. The highest BCUT2D eigenvalue weighted by Gasteiger charge is 2.23. The molecule has 2 unspecified atom stereocenters. The van der Waals surface area contributed by atoms with Crippen LogP contribution in [0.1, 0.15) is 38.2 Å². The molecule has 1 aromatic carbocycles. The Balaban J connectivity index is 0.00000243. The van der Waals surface area contributed by atoms with E-state index in [-0.39, 0.29) is 36.0 Å². The van der Waals surface area contributed by atoms with Crippen LogP contribution in [0.3, 0.4) is 0 Å². The molecule has 144 valence electrons. The number of ether oxygens (including phenoxy) is 1. The molecule has 2 saturated heterocycles. The van der Waals surface area contributed by atoms with Crippen LogP contribution in [-0.4, -0.2) is 42.6 Å². The lowest BCUT2D eigenvalue weighted by atomic mass is 10.0. The Morgan fingerprint density at radius 2 is 2.23 bits per heavy atom. The smallest absolute Gasteiger partial charge is 0.253 e. The van der Waals surface area contributed by atoms with Crippen molar-refractivity contribution in [1.29, 1.82) is 0 Å². The quantitative estimate of drug-likeness (QED) is 0.401. The summed E-state index contributed by atoms with van der Waals surface area (Å²) in [6, 6.07) is 7.75. The van der Waals surface area contributed by atoms with E-state index < -0.39 is 0 Å². The first-order valence-corrected chi connectivity index (χ1v) is 9.18. The number of piperidine rings is 1. The number of amides is 1. The largest absolute Gasteiger partial charge is 0.370 e. The Hall–Kier alpha value is -1.35. The number of guanidine groups is 1. The summed E-state index contributed by atoms with van der Waals surface area (Å²) in [5, 5.41) is 2.93. The molecule has 0 aliphatic carbocycles. The molecule has 0 bridgehead atoms. The van der Waals surface area contributed by atoms with Gasteiger partial charge in [0.15, 0.2) is 5.96 Å². The Labute approximate surface area is 172 Å². The van der Waals surface area contributed by atoms with Crippen molar-refractivity contribution in [2.75, 3.05) is 25.0 Å². The van der Waals surface area contributed by atoms with E-state index in [2.05, 4.69) is 22.1 Å². The van der Waals surface area contributed by atoms with E-state index in [1.807, 2.05) is 24.3 Å². The lowest BCUT2D eigenvalue weighted by molar-refractivity contribution is -0.124. The third-order valence-corrected chi connectivity index (χ3v) is 4.82. The zero-order valence-corrected chi connectivity index (χ0v) is 17.6. The van der Waals surface area contributed by atoms with Gasteiger partial charge in [-0.15, -0.1) is 24.0 Å². The summed E-state index contributed by atoms with van der Waals surface area (Å²) in [5.41, 5.74) is 7.95. The molecule has 2 fully saturated rings. The molecule has 1 aromatic rings. The van der Waals surface area contributed by atoms with Crippen LogP contribution >= 0.6 is 24.0 Å². The SMILES string of the molecule is CC1CCCN(C(N)=NCc2cccc(NC(=O)C3CCCO3)c2)C1.I. The molecule has 26 heavy (non-hydrogen) atoms. The summed E-state index contributed by atoms with van der Waals surface area (Å²) in [5.74, 6) is 1.21. The molecule has 0 saturated carbocycles. The molecular weight excluding hydrogens is 443 g/mol. The number of nitrogens with zero attached hydrogens (tertiary/aromatic N) is 2. The first kappa shape index (κ1) is 21.0. The first-order valence-electron chi connectivity index (χ1n) is 9.18. The predicted molar refractivity (Wildman–Crippen MR) is 115 cm³/mol. The van der Waals surface area contributed by atoms with Crippen LogP contribution in [0, 0.1) is 5.92 Å². The topological polar surface area (TPSA) is 80.0 Å².